The lowest BCUT2D eigenvalue weighted by atomic mass is 10.2. The molecule has 1 N–H and O–H groups in total. The van der Waals surface area contributed by atoms with Crippen molar-refractivity contribution in [3.8, 4) is 22.2 Å². The summed E-state index contributed by atoms with van der Waals surface area (Å²) in [4.78, 5) is 20.3. The second-order valence-corrected chi connectivity index (χ2v) is 7.79. The van der Waals surface area contributed by atoms with Crippen molar-refractivity contribution >= 4 is 22.9 Å². The summed E-state index contributed by atoms with van der Waals surface area (Å²) in [5.41, 5.74) is 1.97. The molecule has 1 aliphatic rings. The van der Waals surface area contributed by atoms with Gasteiger partial charge in [-0.1, -0.05) is 11.2 Å². The molecule has 0 bridgehead atoms. The van der Waals surface area contributed by atoms with E-state index >= 15 is 0 Å². The maximum absolute atomic E-state index is 11.7. The van der Waals surface area contributed by atoms with Crippen molar-refractivity contribution in [2.24, 2.45) is 5.92 Å². The van der Waals surface area contributed by atoms with E-state index in [4.69, 9.17) is 4.52 Å². The van der Waals surface area contributed by atoms with Gasteiger partial charge in [-0.15, -0.1) is 11.3 Å². The monoisotopic (exact) mass is 368 g/mol. The Bertz CT molecular complexity index is 927. The van der Waals surface area contributed by atoms with E-state index in [0.29, 0.717) is 18.3 Å². The number of aromatic nitrogens is 2. The molecule has 1 amide bonds. The Morgan fingerprint density at radius 1 is 1.31 bits per heavy atom. The third-order valence-electron chi connectivity index (χ3n) is 4.30. The molecule has 0 radical (unpaired) electrons. The number of anilines is 1. The zero-order valence-corrected chi connectivity index (χ0v) is 15.5. The summed E-state index contributed by atoms with van der Waals surface area (Å²) in [7, 11) is 3.99. The predicted octanol–water partition coefficient (Wildman–Crippen LogP) is 3.56. The van der Waals surface area contributed by atoms with Crippen LogP contribution in [0, 0.1) is 5.92 Å². The third-order valence-corrected chi connectivity index (χ3v) is 5.38. The lowest BCUT2D eigenvalue weighted by Gasteiger charge is -2.12. The van der Waals surface area contributed by atoms with Crippen molar-refractivity contribution in [1.29, 1.82) is 0 Å². The molecule has 0 aliphatic heterocycles. The molecule has 1 saturated carbocycles. The maximum atomic E-state index is 11.7. The van der Waals surface area contributed by atoms with Crippen molar-refractivity contribution in [2.75, 3.05) is 19.0 Å². The Morgan fingerprint density at radius 3 is 2.92 bits per heavy atom. The van der Waals surface area contributed by atoms with E-state index in [2.05, 4.69) is 15.5 Å². The Hall–Kier alpha value is -2.67. The van der Waals surface area contributed by atoms with Crippen LogP contribution in [0.15, 0.2) is 40.9 Å². The second-order valence-electron chi connectivity index (χ2n) is 6.63. The number of carbonyl (C=O) groups is 1. The van der Waals surface area contributed by atoms with Gasteiger partial charge in [-0.2, -0.15) is 4.98 Å². The van der Waals surface area contributed by atoms with E-state index in [9.17, 15) is 4.79 Å². The fourth-order valence-corrected chi connectivity index (χ4v) is 3.49. The first-order valence-electron chi connectivity index (χ1n) is 8.58. The number of benzene rings is 1. The maximum Gasteiger partial charge on any atom is 0.258 e. The third kappa shape index (κ3) is 3.62. The number of hydrogen-bond donors (Lipinski definition) is 1. The number of amides is 1. The van der Waals surface area contributed by atoms with E-state index in [1.807, 2.05) is 55.4 Å². The number of thiophene rings is 1. The summed E-state index contributed by atoms with van der Waals surface area (Å²) < 4.78 is 5.44. The molecule has 134 valence electrons. The average molecular weight is 368 g/mol. The number of rotatable bonds is 6. The van der Waals surface area contributed by atoms with Crippen LogP contribution in [0.2, 0.25) is 0 Å². The van der Waals surface area contributed by atoms with Crippen LogP contribution in [0.4, 0.5) is 5.69 Å². The number of nitrogens with one attached hydrogen (secondary N) is 1. The van der Waals surface area contributed by atoms with Crippen LogP contribution in [0.1, 0.15) is 17.7 Å². The fourth-order valence-electron chi connectivity index (χ4n) is 2.62. The van der Waals surface area contributed by atoms with Crippen molar-refractivity contribution in [3.05, 3.63) is 41.3 Å². The Labute approximate surface area is 155 Å². The van der Waals surface area contributed by atoms with Gasteiger partial charge < -0.3 is 14.7 Å². The van der Waals surface area contributed by atoms with Crippen LogP contribution >= 0.6 is 11.3 Å². The van der Waals surface area contributed by atoms with Crippen LogP contribution in [0.25, 0.3) is 22.2 Å². The topological polar surface area (TPSA) is 71.3 Å². The molecule has 6 nitrogen and oxygen atoms in total. The first kappa shape index (κ1) is 16.8. The quantitative estimate of drug-likeness (QED) is 0.720. The molecule has 3 aromatic rings. The molecule has 4 rings (SSSR count). The van der Waals surface area contributed by atoms with Gasteiger partial charge in [-0.3, -0.25) is 4.79 Å². The second kappa shape index (κ2) is 6.92. The lowest BCUT2D eigenvalue weighted by molar-refractivity contribution is -0.122. The Balaban J connectivity index is 1.47. The van der Waals surface area contributed by atoms with Crippen LogP contribution in [-0.4, -0.2) is 30.1 Å². The van der Waals surface area contributed by atoms with Crippen molar-refractivity contribution in [1.82, 2.24) is 15.5 Å². The van der Waals surface area contributed by atoms with E-state index in [1.54, 1.807) is 11.3 Å². The molecule has 26 heavy (non-hydrogen) atoms. The van der Waals surface area contributed by atoms with E-state index in [-0.39, 0.29) is 11.8 Å². The summed E-state index contributed by atoms with van der Waals surface area (Å²) in [6.07, 6.45) is 2.03. The van der Waals surface area contributed by atoms with Gasteiger partial charge in [0.05, 0.1) is 11.4 Å². The summed E-state index contributed by atoms with van der Waals surface area (Å²) in [6.45, 7) is 0.551. The van der Waals surface area contributed by atoms with E-state index in [0.717, 1.165) is 33.8 Å². The smallest absolute Gasteiger partial charge is 0.258 e. The SMILES string of the molecule is CN(C)c1cccc(-c2nc(-c3ccc(CNC(=O)C4CC4)s3)no2)c1. The average Bonchev–Trinajstić information content (AvgIpc) is 3.19. The van der Waals surface area contributed by atoms with Crippen LogP contribution in [0.5, 0.6) is 0 Å². The van der Waals surface area contributed by atoms with Crippen LogP contribution in [-0.2, 0) is 11.3 Å². The molecule has 2 aromatic heterocycles. The fraction of sp³-hybridized carbons (Fsp3) is 0.316. The highest BCUT2D eigenvalue weighted by Crippen LogP contribution is 2.31. The molecule has 0 saturated heterocycles. The minimum atomic E-state index is 0.155. The minimum Gasteiger partial charge on any atom is -0.378 e. The molecular formula is C19H20N4O2S. The van der Waals surface area contributed by atoms with Gasteiger partial charge in [-0.25, -0.2) is 0 Å². The normalized spacial score (nSPS) is 13.6. The number of nitrogens with zero attached hydrogens (tertiary/aromatic N) is 3. The summed E-state index contributed by atoms with van der Waals surface area (Å²) >= 11 is 1.57. The van der Waals surface area contributed by atoms with Gasteiger partial charge in [0.2, 0.25) is 11.7 Å². The molecule has 2 heterocycles. The number of carbonyl (C=O) groups excluding carboxylic acids is 1. The van der Waals surface area contributed by atoms with Gasteiger partial charge >= 0.3 is 0 Å². The van der Waals surface area contributed by atoms with Crippen molar-refractivity contribution in [3.63, 3.8) is 0 Å². The highest BCUT2D eigenvalue weighted by Gasteiger charge is 2.29. The molecular weight excluding hydrogens is 348 g/mol. The van der Waals surface area contributed by atoms with Gasteiger partial charge in [0, 0.05) is 36.1 Å². The molecule has 0 spiro atoms. The minimum absolute atomic E-state index is 0.155. The molecule has 0 atom stereocenters. The van der Waals surface area contributed by atoms with Crippen LogP contribution in [0.3, 0.4) is 0 Å². The Kier molecular flexibility index (Phi) is 4.46. The highest BCUT2D eigenvalue weighted by molar-refractivity contribution is 7.15. The standard InChI is InChI=1S/C19H20N4O2S/c1-23(2)14-5-3-4-13(10-14)19-21-17(22-25-19)16-9-8-15(26-16)11-20-18(24)12-6-7-12/h3-5,8-10,12H,6-7,11H2,1-2H3,(H,20,24). The molecule has 7 heteroatoms. The first-order valence-corrected chi connectivity index (χ1v) is 9.40. The van der Waals surface area contributed by atoms with E-state index in [1.165, 1.54) is 0 Å². The van der Waals surface area contributed by atoms with Gasteiger partial charge in [-0.05, 0) is 43.2 Å². The summed E-state index contributed by atoms with van der Waals surface area (Å²) in [6, 6.07) is 11.9. The van der Waals surface area contributed by atoms with Gasteiger partial charge in [0.1, 0.15) is 0 Å². The molecule has 1 fully saturated rings. The lowest BCUT2D eigenvalue weighted by Crippen LogP contribution is -2.23. The van der Waals surface area contributed by atoms with Crippen molar-refractivity contribution in [2.45, 2.75) is 19.4 Å². The number of hydrogen-bond acceptors (Lipinski definition) is 6. The van der Waals surface area contributed by atoms with Crippen molar-refractivity contribution < 1.29 is 9.32 Å². The van der Waals surface area contributed by atoms with Gasteiger partial charge in [0.15, 0.2) is 0 Å². The Morgan fingerprint density at radius 2 is 2.15 bits per heavy atom. The van der Waals surface area contributed by atoms with E-state index < -0.39 is 0 Å². The van der Waals surface area contributed by atoms with Crippen LogP contribution < -0.4 is 10.2 Å². The zero-order valence-electron chi connectivity index (χ0n) is 14.7. The molecule has 1 aromatic carbocycles. The molecule has 1 aliphatic carbocycles. The largest absolute Gasteiger partial charge is 0.378 e. The molecule has 0 unspecified atom stereocenters. The predicted molar refractivity (Wildman–Crippen MR) is 102 cm³/mol. The first-order chi connectivity index (χ1) is 12.6. The summed E-state index contributed by atoms with van der Waals surface area (Å²) in [5, 5.41) is 7.08. The van der Waals surface area contributed by atoms with Gasteiger partial charge in [0.25, 0.3) is 5.89 Å². The zero-order chi connectivity index (χ0) is 18.1. The summed E-state index contributed by atoms with van der Waals surface area (Å²) in [5.74, 6) is 1.45. The highest BCUT2D eigenvalue weighted by atomic mass is 32.1.